The lowest BCUT2D eigenvalue weighted by Crippen LogP contribution is -2.30. The van der Waals surface area contributed by atoms with Crippen molar-refractivity contribution in [3.8, 4) is 0 Å². The molecule has 0 saturated carbocycles. The Labute approximate surface area is 111 Å². The quantitative estimate of drug-likeness (QED) is 0.851. The molecule has 1 aliphatic rings. The van der Waals surface area contributed by atoms with Crippen LogP contribution in [0.25, 0.3) is 0 Å². The largest absolute Gasteiger partial charge is 0.478 e. The third kappa shape index (κ3) is 2.25. The molecule has 2 unspecified atom stereocenters. The van der Waals surface area contributed by atoms with Gasteiger partial charge in [-0.05, 0) is 18.8 Å². The van der Waals surface area contributed by atoms with Gasteiger partial charge in [-0.1, -0.05) is 13.8 Å². The van der Waals surface area contributed by atoms with Crippen molar-refractivity contribution in [1.29, 1.82) is 0 Å². The lowest BCUT2D eigenvalue weighted by molar-refractivity contribution is 0.0691. The van der Waals surface area contributed by atoms with Gasteiger partial charge in [0.15, 0.2) is 0 Å². The van der Waals surface area contributed by atoms with Crippen LogP contribution in [-0.2, 0) is 10.0 Å². The predicted octanol–water partition coefficient (Wildman–Crippen LogP) is 0.693. The molecule has 0 amide bonds. The second kappa shape index (κ2) is 4.61. The maximum Gasteiger partial charge on any atom is 0.340 e. The van der Waals surface area contributed by atoms with E-state index in [-0.39, 0.29) is 28.1 Å². The SMILES string of the molecule is Cc1[nH]nc(S(=O)(=O)N2CC(C)C(C)C2)c1C(=O)O. The van der Waals surface area contributed by atoms with E-state index >= 15 is 0 Å². The molecule has 2 atom stereocenters. The van der Waals surface area contributed by atoms with E-state index in [1.165, 1.54) is 11.2 Å². The maximum absolute atomic E-state index is 12.4. The summed E-state index contributed by atoms with van der Waals surface area (Å²) >= 11 is 0. The number of aromatic nitrogens is 2. The van der Waals surface area contributed by atoms with Crippen LogP contribution < -0.4 is 0 Å². The Hall–Kier alpha value is -1.41. The zero-order chi connectivity index (χ0) is 14.4. The molecule has 0 spiro atoms. The Morgan fingerprint density at radius 1 is 1.37 bits per heavy atom. The third-order valence-electron chi connectivity index (χ3n) is 3.67. The number of H-pyrrole nitrogens is 1. The van der Waals surface area contributed by atoms with E-state index in [1.54, 1.807) is 0 Å². The fourth-order valence-corrected chi connectivity index (χ4v) is 4.01. The molecule has 0 bridgehead atoms. The lowest BCUT2D eigenvalue weighted by Gasteiger charge is -2.14. The Balaban J connectivity index is 2.44. The normalized spacial score (nSPS) is 24.8. The maximum atomic E-state index is 12.4. The number of hydrogen-bond acceptors (Lipinski definition) is 4. The Morgan fingerprint density at radius 3 is 2.37 bits per heavy atom. The molecule has 1 fully saturated rings. The molecule has 0 aliphatic carbocycles. The lowest BCUT2D eigenvalue weighted by atomic mass is 10.0. The number of carbonyl (C=O) groups is 1. The van der Waals surface area contributed by atoms with E-state index in [0.29, 0.717) is 13.1 Å². The van der Waals surface area contributed by atoms with Crippen LogP contribution in [0.15, 0.2) is 5.03 Å². The smallest absolute Gasteiger partial charge is 0.340 e. The summed E-state index contributed by atoms with van der Waals surface area (Å²) in [7, 11) is -3.85. The first-order chi connectivity index (χ1) is 8.75. The van der Waals surface area contributed by atoms with Gasteiger partial charge in [-0.2, -0.15) is 9.40 Å². The van der Waals surface area contributed by atoms with Crippen LogP contribution in [0.2, 0.25) is 0 Å². The Morgan fingerprint density at radius 2 is 1.89 bits per heavy atom. The van der Waals surface area contributed by atoms with Crippen molar-refractivity contribution in [3.63, 3.8) is 0 Å². The van der Waals surface area contributed by atoms with E-state index in [4.69, 9.17) is 5.11 Å². The summed E-state index contributed by atoms with van der Waals surface area (Å²) in [6.07, 6.45) is 0. The summed E-state index contributed by atoms with van der Waals surface area (Å²) in [5.74, 6) is -0.781. The standard InChI is InChI=1S/C11H17N3O4S/c1-6-4-14(5-7(6)2)19(17,18)10-9(11(15)16)8(3)12-13-10/h6-7H,4-5H2,1-3H3,(H,12,13)(H,15,16). The van der Waals surface area contributed by atoms with Crippen LogP contribution in [0, 0.1) is 18.8 Å². The number of hydrogen-bond donors (Lipinski definition) is 2. The predicted molar refractivity (Wildman–Crippen MR) is 67.4 cm³/mol. The van der Waals surface area contributed by atoms with Crippen molar-refractivity contribution < 1.29 is 18.3 Å². The van der Waals surface area contributed by atoms with Gasteiger partial charge in [0.1, 0.15) is 5.56 Å². The first kappa shape index (κ1) is 14.0. The highest BCUT2D eigenvalue weighted by Gasteiger charge is 2.39. The molecule has 7 nitrogen and oxygen atoms in total. The molecule has 1 aromatic heterocycles. The molecule has 1 aliphatic heterocycles. The number of carboxylic acid groups (broad SMARTS) is 1. The Bertz CT molecular complexity index is 597. The molecule has 1 aromatic rings. The molecule has 2 N–H and O–H groups in total. The van der Waals surface area contributed by atoms with E-state index in [1.807, 2.05) is 13.8 Å². The number of aryl methyl sites for hydroxylation is 1. The number of aromatic amines is 1. The van der Waals surface area contributed by atoms with E-state index in [9.17, 15) is 13.2 Å². The summed E-state index contributed by atoms with van der Waals surface area (Å²) < 4.78 is 26.2. The summed E-state index contributed by atoms with van der Waals surface area (Å²) in [5, 5.41) is 14.8. The van der Waals surface area contributed by atoms with Crippen molar-refractivity contribution in [2.45, 2.75) is 25.8 Å². The minimum atomic E-state index is -3.85. The average molecular weight is 287 g/mol. The van der Waals surface area contributed by atoms with Crippen LogP contribution >= 0.6 is 0 Å². The van der Waals surface area contributed by atoms with Gasteiger partial charge in [-0.15, -0.1) is 0 Å². The topological polar surface area (TPSA) is 103 Å². The molecule has 8 heteroatoms. The minimum absolute atomic E-state index is 0.242. The van der Waals surface area contributed by atoms with E-state index < -0.39 is 16.0 Å². The van der Waals surface area contributed by atoms with Crippen molar-refractivity contribution in [2.24, 2.45) is 11.8 Å². The number of nitrogens with one attached hydrogen (secondary N) is 1. The molecule has 1 saturated heterocycles. The monoisotopic (exact) mass is 287 g/mol. The zero-order valence-electron chi connectivity index (χ0n) is 11.0. The van der Waals surface area contributed by atoms with Crippen LogP contribution in [0.4, 0.5) is 0 Å². The van der Waals surface area contributed by atoms with Crippen molar-refractivity contribution >= 4 is 16.0 Å². The summed E-state index contributed by atoms with van der Waals surface area (Å²) in [6, 6.07) is 0. The number of sulfonamides is 1. The van der Waals surface area contributed by atoms with Gasteiger partial charge in [0, 0.05) is 18.8 Å². The summed E-state index contributed by atoms with van der Waals surface area (Å²) in [5.41, 5.74) is -0.0291. The van der Waals surface area contributed by atoms with Gasteiger partial charge >= 0.3 is 5.97 Å². The number of rotatable bonds is 3. The molecule has 2 heterocycles. The van der Waals surface area contributed by atoms with Gasteiger partial charge in [0.05, 0.1) is 0 Å². The summed E-state index contributed by atoms with van der Waals surface area (Å²) in [6.45, 7) is 6.25. The van der Waals surface area contributed by atoms with Gasteiger partial charge < -0.3 is 5.11 Å². The second-order valence-corrected chi connectivity index (χ2v) is 6.96. The van der Waals surface area contributed by atoms with Crippen molar-refractivity contribution in [3.05, 3.63) is 11.3 Å². The first-order valence-corrected chi connectivity index (χ1v) is 7.47. The number of aromatic carboxylic acids is 1. The number of carboxylic acids is 1. The third-order valence-corrected chi connectivity index (χ3v) is 5.43. The molecule has 106 valence electrons. The molecule has 0 radical (unpaired) electrons. The highest BCUT2D eigenvalue weighted by molar-refractivity contribution is 7.89. The first-order valence-electron chi connectivity index (χ1n) is 6.03. The number of nitrogens with zero attached hydrogens (tertiary/aromatic N) is 2. The second-order valence-electron chi connectivity index (χ2n) is 5.11. The van der Waals surface area contributed by atoms with Crippen LogP contribution in [-0.4, -0.2) is 47.1 Å². The molecular weight excluding hydrogens is 270 g/mol. The zero-order valence-corrected chi connectivity index (χ0v) is 11.9. The van der Waals surface area contributed by atoms with Gasteiger partial charge in [-0.25, -0.2) is 13.2 Å². The van der Waals surface area contributed by atoms with Gasteiger partial charge in [-0.3, -0.25) is 5.10 Å². The summed E-state index contributed by atoms with van der Waals surface area (Å²) in [4.78, 5) is 11.2. The molecule has 19 heavy (non-hydrogen) atoms. The highest BCUT2D eigenvalue weighted by atomic mass is 32.2. The van der Waals surface area contributed by atoms with Gasteiger partial charge in [0.2, 0.25) is 5.03 Å². The van der Waals surface area contributed by atoms with Crippen LogP contribution in [0.3, 0.4) is 0 Å². The van der Waals surface area contributed by atoms with Crippen molar-refractivity contribution in [1.82, 2.24) is 14.5 Å². The van der Waals surface area contributed by atoms with Crippen LogP contribution in [0.5, 0.6) is 0 Å². The van der Waals surface area contributed by atoms with E-state index in [2.05, 4.69) is 10.2 Å². The molecular formula is C11H17N3O4S. The van der Waals surface area contributed by atoms with E-state index in [0.717, 1.165) is 0 Å². The van der Waals surface area contributed by atoms with Crippen molar-refractivity contribution in [2.75, 3.05) is 13.1 Å². The average Bonchev–Trinajstić information content (AvgIpc) is 2.84. The highest BCUT2D eigenvalue weighted by Crippen LogP contribution is 2.29. The fraction of sp³-hybridized carbons (Fsp3) is 0.636. The van der Waals surface area contributed by atoms with Gasteiger partial charge in [0.25, 0.3) is 10.0 Å². The fourth-order valence-electron chi connectivity index (χ4n) is 2.24. The van der Waals surface area contributed by atoms with Crippen LogP contribution in [0.1, 0.15) is 29.9 Å². The molecule has 0 aromatic carbocycles. The Kier molecular flexibility index (Phi) is 3.40. The molecule has 2 rings (SSSR count). The minimum Gasteiger partial charge on any atom is -0.478 e.